The third-order valence-corrected chi connectivity index (χ3v) is 9.09. The quantitative estimate of drug-likeness (QED) is 0.271. The molecule has 0 spiro atoms. The second-order valence-electron chi connectivity index (χ2n) is 12.1. The molecule has 1 N–H and O–H groups in total. The van der Waals surface area contributed by atoms with Crippen molar-refractivity contribution in [3.8, 4) is 17.2 Å². The molecule has 3 aliphatic heterocycles. The number of likely N-dealkylation sites (N-methyl/N-ethyl adjacent to an activating group) is 1. The van der Waals surface area contributed by atoms with E-state index in [1.54, 1.807) is 35.0 Å². The molecule has 240 valence electrons. The third-order valence-electron chi connectivity index (χ3n) is 9.09. The summed E-state index contributed by atoms with van der Waals surface area (Å²) in [7, 11) is 2.09. The Morgan fingerprint density at radius 2 is 2.04 bits per heavy atom. The van der Waals surface area contributed by atoms with Crippen LogP contribution in [0.4, 0.5) is 21.7 Å². The number of amides is 1. The van der Waals surface area contributed by atoms with Crippen molar-refractivity contribution < 1.29 is 18.7 Å². The van der Waals surface area contributed by atoms with Crippen LogP contribution in [-0.2, 0) is 4.79 Å². The van der Waals surface area contributed by atoms with Crippen molar-refractivity contribution in [2.24, 2.45) is 0 Å². The summed E-state index contributed by atoms with van der Waals surface area (Å²) in [4.78, 5) is 37.5. The van der Waals surface area contributed by atoms with Crippen LogP contribution in [0.25, 0.3) is 16.7 Å². The Balaban J connectivity index is 1.02. The first kappa shape index (κ1) is 29.1. The largest absolute Gasteiger partial charge is 0.487 e. The molecule has 13 nitrogen and oxygen atoms in total. The van der Waals surface area contributed by atoms with Gasteiger partial charge in [-0.25, -0.2) is 28.8 Å². The van der Waals surface area contributed by atoms with Gasteiger partial charge in [-0.05, 0) is 51.1 Å². The molecule has 7 heterocycles. The third kappa shape index (κ3) is 5.54. The number of carbonyl (C=O) groups excluding carboxylic acids is 1. The first-order valence-corrected chi connectivity index (χ1v) is 15.7. The van der Waals surface area contributed by atoms with Gasteiger partial charge in [-0.3, -0.25) is 9.69 Å². The van der Waals surface area contributed by atoms with Gasteiger partial charge in [-0.2, -0.15) is 5.10 Å². The number of likely N-dealkylation sites (tertiary alicyclic amines) is 1. The molecule has 0 saturated carbocycles. The molecule has 2 atom stereocenters. The van der Waals surface area contributed by atoms with Gasteiger partial charge in [0.15, 0.2) is 23.0 Å². The number of hydrogen-bond donors (Lipinski definition) is 1. The van der Waals surface area contributed by atoms with Crippen LogP contribution >= 0.6 is 0 Å². The van der Waals surface area contributed by atoms with Crippen molar-refractivity contribution in [3.05, 3.63) is 72.7 Å². The minimum Gasteiger partial charge on any atom is -0.487 e. The fourth-order valence-electron chi connectivity index (χ4n) is 6.50. The predicted octanol–water partition coefficient (Wildman–Crippen LogP) is 4.11. The van der Waals surface area contributed by atoms with E-state index in [0.717, 1.165) is 19.4 Å². The van der Waals surface area contributed by atoms with Crippen molar-refractivity contribution in [3.63, 3.8) is 0 Å². The van der Waals surface area contributed by atoms with Crippen LogP contribution in [0.1, 0.15) is 18.4 Å². The van der Waals surface area contributed by atoms with Crippen molar-refractivity contribution >= 4 is 39.9 Å². The maximum atomic E-state index is 15.5. The molecular weight excluding hydrogens is 603 g/mol. The highest BCUT2D eigenvalue weighted by molar-refractivity contribution is 5.91. The van der Waals surface area contributed by atoms with Crippen molar-refractivity contribution in [2.45, 2.75) is 31.8 Å². The molecule has 2 saturated heterocycles. The fraction of sp³-hybridized carbons (Fsp3) is 0.333. The van der Waals surface area contributed by atoms with Crippen LogP contribution in [0.5, 0.6) is 17.2 Å². The summed E-state index contributed by atoms with van der Waals surface area (Å²) in [5.41, 5.74) is 2.59. The van der Waals surface area contributed by atoms with Gasteiger partial charge in [-0.15, -0.1) is 0 Å². The lowest BCUT2D eigenvalue weighted by atomic mass is 10.1. The number of ether oxygens (including phenoxy) is 2. The highest BCUT2D eigenvalue weighted by Gasteiger charge is 2.35. The van der Waals surface area contributed by atoms with Gasteiger partial charge in [0.1, 0.15) is 42.1 Å². The Hall–Kier alpha value is -5.37. The second kappa shape index (κ2) is 11.8. The smallest absolute Gasteiger partial charge is 0.246 e. The molecule has 14 heteroatoms. The van der Waals surface area contributed by atoms with Crippen LogP contribution < -0.4 is 19.7 Å². The Morgan fingerprint density at radius 3 is 2.91 bits per heavy atom. The zero-order valence-corrected chi connectivity index (χ0v) is 26.0. The molecule has 2 bridgehead atoms. The summed E-state index contributed by atoms with van der Waals surface area (Å²) >= 11 is 0. The van der Waals surface area contributed by atoms with Crippen LogP contribution in [0, 0.1) is 12.7 Å². The molecule has 1 aromatic carbocycles. The Labute approximate surface area is 269 Å². The zero-order chi connectivity index (χ0) is 32.1. The molecule has 47 heavy (non-hydrogen) atoms. The average Bonchev–Trinajstić information content (AvgIpc) is 3.69. The lowest BCUT2D eigenvalue weighted by molar-refractivity contribution is -0.129. The van der Waals surface area contributed by atoms with Gasteiger partial charge >= 0.3 is 0 Å². The standard InChI is InChI=1S/C33H33FN10O3/c1-20-12-25(24(34)14-27(20)47-23-7-9-44-29(13-23)36-19-38-44)39-32-31-26(35-18-37-32)15-28-33(40-31)42-10-11-43(22(16-42)17-46-28)30(45)6-5-21-4-3-8-41(21)2/h5-7,9,12-15,18-19,21-22H,3-4,8,10-11,16-17H2,1-2H3,(H,35,37,39)/b6-5+/t21-,22-/m1/s1. The highest BCUT2D eigenvalue weighted by atomic mass is 19.1. The van der Waals surface area contributed by atoms with Gasteiger partial charge < -0.3 is 24.6 Å². The minimum absolute atomic E-state index is 0.00473. The number of benzene rings is 1. The Bertz CT molecular complexity index is 2030. The monoisotopic (exact) mass is 636 g/mol. The fourth-order valence-corrected chi connectivity index (χ4v) is 6.50. The molecule has 0 aliphatic carbocycles. The number of nitrogens with one attached hydrogen (secondary N) is 1. The number of pyridine rings is 2. The molecular formula is C33H33FN10O3. The molecule has 4 aromatic heterocycles. The first-order valence-electron chi connectivity index (χ1n) is 15.7. The number of carbonyl (C=O) groups is 1. The maximum absolute atomic E-state index is 15.5. The van der Waals surface area contributed by atoms with Gasteiger partial charge in [-0.1, -0.05) is 6.08 Å². The highest BCUT2D eigenvalue weighted by Crippen LogP contribution is 2.37. The molecule has 8 rings (SSSR count). The minimum atomic E-state index is -0.517. The lowest BCUT2D eigenvalue weighted by Gasteiger charge is -2.39. The summed E-state index contributed by atoms with van der Waals surface area (Å²) < 4.78 is 29.3. The number of anilines is 3. The lowest BCUT2D eigenvalue weighted by Crippen LogP contribution is -2.56. The van der Waals surface area contributed by atoms with E-state index in [-0.39, 0.29) is 17.6 Å². The number of rotatable bonds is 6. The first-order chi connectivity index (χ1) is 22.9. The SMILES string of the molecule is Cc1cc(Nc2ncnc3cc4c(nc23)N2CCN(C(=O)/C=C/[C@H]3CCCN3C)[C@@H](CO4)C2)c(F)cc1Oc1ccn2ncnc2c1. The van der Waals surface area contributed by atoms with Gasteiger partial charge in [0.25, 0.3) is 0 Å². The van der Waals surface area contributed by atoms with Gasteiger partial charge in [0.2, 0.25) is 5.91 Å². The van der Waals surface area contributed by atoms with Gasteiger partial charge in [0.05, 0.1) is 17.2 Å². The number of aryl methyl sites for hydroxylation is 1. The van der Waals surface area contributed by atoms with Crippen molar-refractivity contribution in [2.75, 3.05) is 50.1 Å². The molecule has 0 radical (unpaired) electrons. The number of halogens is 1. The summed E-state index contributed by atoms with van der Waals surface area (Å²) in [5, 5.41) is 7.20. The summed E-state index contributed by atoms with van der Waals surface area (Å²) in [6, 6.07) is 8.49. The Kier molecular flexibility index (Phi) is 7.28. The van der Waals surface area contributed by atoms with Gasteiger partial charge in [0, 0.05) is 56.1 Å². The van der Waals surface area contributed by atoms with E-state index in [2.05, 4.69) is 42.2 Å². The van der Waals surface area contributed by atoms with E-state index in [1.807, 2.05) is 24.0 Å². The summed E-state index contributed by atoms with van der Waals surface area (Å²) in [5.74, 6) is 1.98. The zero-order valence-electron chi connectivity index (χ0n) is 26.0. The van der Waals surface area contributed by atoms with Crippen LogP contribution in [-0.4, -0.2) is 97.2 Å². The van der Waals surface area contributed by atoms with E-state index >= 15 is 4.39 Å². The maximum Gasteiger partial charge on any atom is 0.246 e. The van der Waals surface area contributed by atoms with E-state index in [9.17, 15) is 4.79 Å². The summed E-state index contributed by atoms with van der Waals surface area (Å²) in [6.45, 7) is 4.99. The van der Waals surface area contributed by atoms with E-state index in [0.29, 0.717) is 83.4 Å². The number of hydrogen-bond acceptors (Lipinski definition) is 11. The second-order valence-corrected chi connectivity index (χ2v) is 12.1. The number of piperazine rings is 1. The molecule has 1 amide bonds. The average molecular weight is 637 g/mol. The van der Waals surface area contributed by atoms with Crippen LogP contribution in [0.2, 0.25) is 0 Å². The van der Waals surface area contributed by atoms with Crippen molar-refractivity contribution in [1.29, 1.82) is 0 Å². The normalized spacial score (nSPS) is 19.6. The van der Waals surface area contributed by atoms with E-state index in [1.165, 1.54) is 18.7 Å². The predicted molar refractivity (Wildman–Crippen MR) is 173 cm³/mol. The number of nitrogens with zero attached hydrogens (tertiary/aromatic N) is 9. The van der Waals surface area contributed by atoms with E-state index in [4.69, 9.17) is 14.5 Å². The van der Waals surface area contributed by atoms with E-state index < -0.39 is 5.82 Å². The summed E-state index contributed by atoms with van der Waals surface area (Å²) in [6.07, 6.45) is 10.6. The molecule has 5 aromatic rings. The molecule has 0 unspecified atom stereocenters. The topological polar surface area (TPSA) is 126 Å². The molecule has 2 fully saturated rings. The van der Waals surface area contributed by atoms with Crippen molar-refractivity contribution in [1.82, 2.24) is 39.3 Å². The Morgan fingerprint density at radius 1 is 1.13 bits per heavy atom. The number of fused-ring (bicyclic) bond motifs is 6. The van der Waals surface area contributed by atoms with Crippen LogP contribution in [0.3, 0.4) is 0 Å². The molecule has 3 aliphatic rings. The van der Waals surface area contributed by atoms with Crippen LogP contribution in [0.15, 0.2) is 61.3 Å². The number of aromatic nitrogens is 6.